The molecule has 1 aliphatic heterocycles. The van der Waals surface area contributed by atoms with E-state index in [-0.39, 0.29) is 0 Å². The van der Waals surface area contributed by atoms with Crippen LogP contribution in [-0.2, 0) is 4.74 Å². The molecule has 0 radical (unpaired) electrons. The summed E-state index contributed by atoms with van der Waals surface area (Å²) in [5.74, 6) is 1.76. The van der Waals surface area contributed by atoms with Crippen molar-refractivity contribution < 1.29 is 4.74 Å². The van der Waals surface area contributed by atoms with Crippen LogP contribution in [0.25, 0.3) is 0 Å². The minimum absolute atomic E-state index is 0.638. The normalized spacial score (nSPS) is 20.6. The number of pyridine rings is 1. The quantitative estimate of drug-likeness (QED) is 0.858. The molecule has 0 spiro atoms. The number of rotatable bonds is 3. The third-order valence-corrected chi connectivity index (χ3v) is 3.67. The van der Waals surface area contributed by atoms with Crippen molar-refractivity contribution in [3.63, 3.8) is 0 Å². The van der Waals surface area contributed by atoms with Crippen molar-refractivity contribution in [3.05, 3.63) is 22.3 Å². The Morgan fingerprint density at radius 2 is 2.41 bits per heavy atom. The molecular formula is C13H19BrN2O. The van der Waals surface area contributed by atoms with E-state index in [1.54, 1.807) is 7.11 Å². The lowest BCUT2D eigenvalue weighted by molar-refractivity contribution is 0.143. The second-order valence-corrected chi connectivity index (χ2v) is 5.62. The van der Waals surface area contributed by atoms with E-state index in [1.807, 2.05) is 6.20 Å². The molecule has 3 nitrogen and oxygen atoms in total. The Bertz CT molecular complexity index is 382. The van der Waals surface area contributed by atoms with Crippen molar-refractivity contribution in [1.29, 1.82) is 0 Å². The molecule has 0 aromatic carbocycles. The van der Waals surface area contributed by atoms with Gasteiger partial charge in [-0.15, -0.1) is 0 Å². The Kier molecular flexibility index (Phi) is 4.40. The summed E-state index contributed by atoms with van der Waals surface area (Å²) in [5, 5.41) is 0. The predicted molar refractivity (Wildman–Crippen MR) is 73.5 cm³/mol. The lowest BCUT2D eigenvalue weighted by atomic mass is 9.98. The standard InChI is InChI=1S/C13H19BrN2O/c1-10-6-12(14)7-15-13(10)16-5-3-4-11(8-16)9-17-2/h6-7,11H,3-5,8-9H2,1-2H3. The highest BCUT2D eigenvalue weighted by Crippen LogP contribution is 2.25. The van der Waals surface area contributed by atoms with Crippen LogP contribution < -0.4 is 4.90 Å². The van der Waals surface area contributed by atoms with Gasteiger partial charge in [0.1, 0.15) is 5.82 Å². The van der Waals surface area contributed by atoms with Gasteiger partial charge in [0.15, 0.2) is 0 Å². The van der Waals surface area contributed by atoms with Crippen LogP contribution in [0.1, 0.15) is 18.4 Å². The molecule has 1 saturated heterocycles. The number of halogens is 1. The van der Waals surface area contributed by atoms with Gasteiger partial charge in [-0.05, 0) is 53.2 Å². The molecule has 2 rings (SSSR count). The van der Waals surface area contributed by atoms with Gasteiger partial charge >= 0.3 is 0 Å². The third kappa shape index (κ3) is 3.19. The number of ether oxygens (including phenoxy) is 1. The summed E-state index contributed by atoms with van der Waals surface area (Å²) >= 11 is 3.46. The fourth-order valence-electron chi connectivity index (χ4n) is 2.49. The zero-order valence-electron chi connectivity index (χ0n) is 10.4. The first-order valence-corrected chi connectivity index (χ1v) is 6.86. The van der Waals surface area contributed by atoms with Gasteiger partial charge in [0.05, 0.1) is 6.61 Å². The summed E-state index contributed by atoms with van der Waals surface area (Å²) in [6, 6.07) is 2.13. The van der Waals surface area contributed by atoms with Crippen LogP contribution >= 0.6 is 15.9 Å². The van der Waals surface area contributed by atoms with Crippen LogP contribution in [0, 0.1) is 12.8 Å². The van der Waals surface area contributed by atoms with Gasteiger partial charge < -0.3 is 9.64 Å². The molecule has 0 saturated carbocycles. The highest BCUT2D eigenvalue weighted by atomic mass is 79.9. The molecule has 0 bridgehead atoms. The topological polar surface area (TPSA) is 25.4 Å². The number of hydrogen-bond acceptors (Lipinski definition) is 3. The molecule has 0 amide bonds. The van der Waals surface area contributed by atoms with Crippen molar-refractivity contribution in [3.8, 4) is 0 Å². The highest BCUT2D eigenvalue weighted by Gasteiger charge is 2.21. The maximum atomic E-state index is 5.26. The summed E-state index contributed by atoms with van der Waals surface area (Å²) in [5.41, 5.74) is 1.23. The van der Waals surface area contributed by atoms with E-state index in [4.69, 9.17) is 4.74 Å². The number of aryl methyl sites for hydroxylation is 1. The van der Waals surface area contributed by atoms with Gasteiger partial charge in [-0.2, -0.15) is 0 Å². The van der Waals surface area contributed by atoms with E-state index in [0.717, 1.165) is 30.0 Å². The summed E-state index contributed by atoms with van der Waals surface area (Å²) in [4.78, 5) is 6.92. The van der Waals surface area contributed by atoms with Crippen LogP contribution in [0.5, 0.6) is 0 Å². The largest absolute Gasteiger partial charge is 0.384 e. The fourth-order valence-corrected chi connectivity index (χ4v) is 2.94. The zero-order chi connectivity index (χ0) is 12.3. The second-order valence-electron chi connectivity index (χ2n) is 4.70. The van der Waals surface area contributed by atoms with Gasteiger partial charge in [-0.25, -0.2) is 4.98 Å². The first-order valence-electron chi connectivity index (χ1n) is 6.06. The molecule has 94 valence electrons. The Morgan fingerprint density at radius 3 is 3.12 bits per heavy atom. The SMILES string of the molecule is COCC1CCCN(c2ncc(Br)cc2C)C1. The summed E-state index contributed by atoms with van der Waals surface area (Å²) in [6.45, 7) is 5.14. The molecule has 1 aliphatic rings. The van der Waals surface area contributed by atoms with Crippen LogP contribution in [0.15, 0.2) is 16.7 Å². The van der Waals surface area contributed by atoms with Crippen LogP contribution in [0.3, 0.4) is 0 Å². The number of methoxy groups -OCH3 is 1. The van der Waals surface area contributed by atoms with Crippen LogP contribution in [0.4, 0.5) is 5.82 Å². The fraction of sp³-hybridized carbons (Fsp3) is 0.615. The van der Waals surface area contributed by atoms with E-state index in [2.05, 4.69) is 38.8 Å². The van der Waals surface area contributed by atoms with E-state index >= 15 is 0 Å². The maximum absolute atomic E-state index is 5.26. The third-order valence-electron chi connectivity index (χ3n) is 3.24. The van der Waals surface area contributed by atoms with Crippen molar-refractivity contribution in [2.24, 2.45) is 5.92 Å². The van der Waals surface area contributed by atoms with Crippen LogP contribution in [0.2, 0.25) is 0 Å². The molecular weight excluding hydrogens is 280 g/mol. The molecule has 1 atom stereocenters. The number of aromatic nitrogens is 1. The van der Waals surface area contributed by atoms with Crippen molar-refractivity contribution >= 4 is 21.7 Å². The van der Waals surface area contributed by atoms with E-state index < -0.39 is 0 Å². The van der Waals surface area contributed by atoms with Gasteiger partial charge in [0.25, 0.3) is 0 Å². The molecule has 1 aromatic heterocycles. The number of nitrogens with zero attached hydrogens (tertiary/aromatic N) is 2. The first kappa shape index (κ1) is 12.8. The second kappa shape index (κ2) is 5.83. The molecule has 1 aromatic rings. The number of anilines is 1. The monoisotopic (exact) mass is 298 g/mol. The Balaban J connectivity index is 2.10. The Labute approximate surface area is 111 Å². The minimum Gasteiger partial charge on any atom is -0.384 e. The predicted octanol–water partition coefficient (Wildman–Crippen LogP) is 3.02. The van der Waals surface area contributed by atoms with Gasteiger partial charge in [0, 0.05) is 30.9 Å². The average molecular weight is 299 g/mol. The molecule has 0 aliphatic carbocycles. The smallest absolute Gasteiger partial charge is 0.131 e. The zero-order valence-corrected chi connectivity index (χ0v) is 12.0. The molecule has 17 heavy (non-hydrogen) atoms. The van der Waals surface area contributed by atoms with Crippen molar-refractivity contribution in [2.75, 3.05) is 31.7 Å². The van der Waals surface area contributed by atoms with Crippen LogP contribution in [-0.4, -0.2) is 31.8 Å². The summed E-state index contributed by atoms with van der Waals surface area (Å²) < 4.78 is 6.31. The molecule has 2 heterocycles. The van der Waals surface area contributed by atoms with Gasteiger partial charge in [-0.1, -0.05) is 0 Å². The highest BCUT2D eigenvalue weighted by molar-refractivity contribution is 9.10. The summed E-state index contributed by atoms with van der Waals surface area (Å²) in [7, 11) is 1.78. The Morgan fingerprint density at radius 1 is 1.59 bits per heavy atom. The van der Waals surface area contributed by atoms with Gasteiger partial charge in [-0.3, -0.25) is 0 Å². The summed E-state index contributed by atoms with van der Waals surface area (Å²) in [6.07, 6.45) is 4.37. The maximum Gasteiger partial charge on any atom is 0.131 e. The molecule has 0 N–H and O–H groups in total. The molecule has 1 unspecified atom stereocenters. The lowest BCUT2D eigenvalue weighted by Gasteiger charge is -2.34. The minimum atomic E-state index is 0.638. The number of hydrogen-bond donors (Lipinski definition) is 0. The number of piperidine rings is 1. The lowest BCUT2D eigenvalue weighted by Crippen LogP contribution is -2.38. The van der Waals surface area contributed by atoms with E-state index in [1.165, 1.54) is 18.4 Å². The van der Waals surface area contributed by atoms with Gasteiger partial charge in [0.2, 0.25) is 0 Å². The molecule has 1 fully saturated rings. The van der Waals surface area contributed by atoms with E-state index in [9.17, 15) is 0 Å². The Hall–Kier alpha value is -0.610. The average Bonchev–Trinajstić information content (AvgIpc) is 2.29. The molecule has 4 heteroatoms. The van der Waals surface area contributed by atoms with E-state index in [0.29, 0.717) is 5.92 Å². The van der Waals surface area contributed by atoms with Crippen molar-refractivity contribution in [1.82, 2.24) is 4.98 Å². The first-order chi connectivity index (χ1) is 8.20. The van der Waals surface area contributed by atoms with Crippen molar-refractivity contribution in [2.45, 2.75) is 19.8 Å².